The van der Waals surface area contributed by atoms with Crippen LogP contribution < -0.4 is 0 Å². The van der Waals surface area contributed by atoms with E-state index in [0.29, 0.717) is 18.4 Å². The predicted molar refractivity (Wildman–Crippen MR) is 108 cm³/mol. The van der Waals surface area contributed by atoms with Gasteiger partial charge in [-0.1, -0.05) is 0 Å². The normalized spacial score (nSPS) is 20.2. The molecule has 1 amide bonds. The number of amides is 1. The highest BCUT2D eigenvalue weighted by molar-refractivity contribution is 5.97. The van der Waals surface area contributed by atoms with Gasteiger partial charge in [0.15, 0.2) is 11.5 Å². The summed E-state index contributed by atoms with van der Waals surface area (Å²) in [6.07, 6.45) is 2.93. The molecule has 6 rings (SSSR count). The third-order valence-electron chi connectivity index (χ3n) is 6.13. The van der Waals surface area contributed by atoms with Gasteiger partial charge in [-0.25, -0.2) is 0 Å². The molecule has 1 aliphatic heterocycles. The Kier molecular flexibility index (Phi) is 3.42. The van der Waals surface area contributed by atoms with Crippen LogP contribution in [0.4, 0.5) is 0 Å². The number of hydrogen-bond donors (Lipinski definition) is 0. The zero-order valence-electron chi connectivity index (χ0n) is 16.9. The van der Waals surface area contributed by atoms with Gasteiger partial charge in [0.2, 0.25) is 0 Å². The van der Waals surface area contributed by atoms with Gasteiger partial charge in [-0.15, -0.1) is 10.2 Å². The molecule has 1 saturated carbocycles. The molecular formula is C21H20N8O. The second-order valence-electron chi connectivity index (χ2n) is 8.19. The van der Waals surface area contributed by atoms with Gasteiger partial charge in [0.05, 0.1) is 29.2 Å². The molecule has 4 aromatic heterocycles. The number of rotatable bonds is 3. The lowest BCUT2D eigenvalue weighted by atomic mass is 10.1. The van der Waals surface area contributed by atoms with Crippen LogP contribution in [0.25, 0.3) is 17.0 Å². The van der Waals surface area contributed by atoms with Gasteiger partial charge in [-0.2, -0.15) is 14.7 Å². The fourth-order valence-electron chi connectivity index (χ4n) is 4.36. The number of fused-ring (bicyclic) bond motifs is 2. The van der Waals surface area contributed by atoms with E-state index in [1.165, 1.54) is 0 Å². The molecular weight excluding hydrogens is 380 g/mol. The molecule has 150 valence electrons. The Morgan fingerprint density at radius 1 is 1.07 bits per heavy atom. The summed E-state index contributed by atoms with van der Waals surface area (Å²) in [5.41, 5.74) is 6.29. The highest BCUT2D eigenvalue weighted by Gasteiger charge is 2.42. The molecule has 5 heterocycles. The van der Waals surface area contributed by atoms with Crippen molar-refractivity contribution in [3.63, 3.8) is 0 Å². The van der Waals surface area contributed by atoms with Crippen LogP contribution in [0.1, 0.15) is 51.4 Å². The lowest BCUT2D eigenvalue weighted by Crippen LogP contribution is -2.17. The summed E-state index contributed by atoms with van der Waals surface area (Å²) in [6.45, 7) is 2.47. The summed E-state index contributed by atoms with van der Waals surface area (Å²) in [5, 5.41) is 17.6. The van der Waals surface area contributed by atoms with Crippen molar-refractivity contribution in [1.29, 1.82) is 0 Å². The van der Waals surface area contributed by atoms with Crippen molar-refractivity contribution >= 4 is 11.6 Å². The van der Waals surface area contributed by atoms with Crippen LogP contribution in [0.3, 0.4) is 0 Å². The summed E-state index contributed by atoms with van der Waals surface area (Å²) in [5.74, 6) is 1.49. The monoisotopic (exact) mass is 400 g/mol. The SMILES string of the molecule is Cc1nnc2ccc(-c3cc(C4CC4c4cnc5c(c4)C(=O)N(C)C5)nn3C)nn12. The molecule has 0 radical (unpaired) electrons. The van der Waals surface area contributed by atoms with E-state index in [9.17, 15) is 4.79 Å². The van der Waals surface area contributed by atoms with Gasteiger partial charge in [0, 0.05) is 26.2 Å². The molecule has 2 aliphatic rings. The molecule has 30 heavy (non-hydrogen) atoms. The first kappa shape index (κ1) is 17.3. The third kappa shape index (κ3) is 2.47. The fraction of sp³-hybridized carbons (Fsp3) is 0.333. The predicted octanol–water partition coefficient (Wildman–Crippen LogP) is 2.08. The van der Waals surface area contributed by atoms with Gasteiger partial charge in [-0.3, -0.25) is 14.5 Å². The van der Waals surface area contributed by atoms with Gasteiger partial charge in [0.25, 0.3) is 5.91 Å². The van der Waals surface area contributed by atoms with Gasteiger partial charge in [-0.05, 0) is 49.1 Å². The average molecular weight is 400 g/mol. The van der Waals surface area contributed by atoms with Crippen LogP contribution in [0.15, 0.2) is 30.5 Å². The van der Waals surface area contributed by atoms with Crippen molar-refractivity contribution in [2.75, 3.05) is 7.05 Å². The van der Waals surface area contributed by atoms with Gasteiger partial charge < -0.3 is 4.90 Å². The van der Waals surface area contributed by atoms with E-state index < -0.39 is 0 Å². The number of carbonyl (C=O) groups excluding carboxylic acids is 1. The highest BCUT2D eigenvalue weighted by Crippen LogP contribution is 2.54. The maximum absolute atomic E-state index is 12.3. The molecule has 2 atom stereocenters. The summed E-state index contributed by atoms with van der Waals surface area (Å²) < 4.78 is 3.62. The second-order valence-corrected chi connectivity index (χ2v) is 8.19. The zero-order valence-corrected chi connectivity index (χ0v) is 16.9. The summed E-state index contributed by atoms with van der Waals surface area (Å²) >= 11 is 0. The molecule has 0 spiro atoms. The number of pyridine rings is 1. The van der Waals surface area contributed by atoms with Gasteiger partial charge >= 0.3 is 0 Å². The molecule has 0 N–H and O–H groups in total. The van der Waals surface area contributed by atoms with Crippen molar-refractivity contribution in [3.8, 4) is 11.4 Å². The van der Waals surface area contributed by atoms with E-state index in [1.807, 2.05) is 50.1 Å². The molecule has 0 aromatic carbocycles. The Balaban J connectivity index is 1.30. The molecule has 0 bridgehead atoms. The summed E-state index contributed by atoms with van der Waals surface area (Å²) in [4.78, 5) is 18.5. The fourth-order valence-corrected chi connectivity index (χ4v) is 4.36. The Hall–Kier alpha value is -3.62. The molecule has 4 aromatic rings. The zero-order chi connectivity index (χ0) is 20.6. The van der Waals surface area contributed by atoms with E-state index in [4.69, 9.17) is 5.10 Å². The minimum atomic E-state index is 0.0578. The van der Waals surface area contributed by atoms with Crippen LogP contribution in [0.5, 0.6) is 0 Å². The van der Waals surface area contributed by atoms with Crippen molar-refractivity contribution in [3.05, 3.63) is 58.8 Å². The first-order chi connectivity index (χ1) is 14.5. The van der Waals surface area contributed by atoms with Crippen LogP contribution in [-0.2, 0) is 13.6 Å². The van der Waals surface area contributed by atoms with E-state index in [1.54, 1.807) is 9.42 Å². The minimum absolute atomic E-state index is 0.0578. The largest absolute Gasteiger partial charge is 0.336 e. The Morgan fingerprint density at radius 2 is 1.93 bits per heavy atom. The molecule has 1 fully saturated rings. The Bertz CT molecular complexity index is 1340. The highest BCUT2D eigenvalue weighted by atomic mass is 16.2. The van der Waals surface area contributed by atoms with Gasteiger partial charge in [0.1, 0.15) is 5.69 Å². The van der Waals surface area contributed by atoms with Crippen molar-refractivity contribution in [1.82, 2.24) is 39.5 Å². The van der Waals surface area contributed by atoms with E-state index in [-0.39, 0.29) is 5.91 Å². The van der Waals surface area contributed by atoms with Crippen LogP contribution in [0.2, 0.25) is 0 Å². The number of carbonyl (C=O) groups is 1. The van der Waals surface area contributed by atoms with Crippen molar-refractivity contribution < 1.29 is 4.79 Å². The lowest BCUT2D eigenvalue weighted by Gasteiger charge is -2.04. The molecule has 0 saturated heterocycles. The third-order valence-corrected chi connectivity index (χ3v) is 6.13. The Morgan fingerprint density at radius 3 is 2.80 bits per heavy atom. The van der Waals surface area contributed by atoms with Crippen molar-refractivity contribution in [2.24, 2.45) is 7.05 Å². The molecule has 9 heteroatoms. The quantitative estimate of drug-likeness (QED) is 0.523. The minimum Gasteiger partial charge on any atom is -0.336 e. The van der Waals surface area contributed by atoms with Crippen LogP contribution in [-0.4, -0.2) is 52.4 Å². The summed E-state index contributed by atoms with van der Waals surface area (Å²) in [7, 11) is 3.75. The number of aryl methyl sites for hydroxylation is 2. The smallest absolute Gasteiger partial charge is 0.255 e. The first-order valence-corrected chi connectivity index (χ1v) is 9.97. The maximum Gasteiger partial charge on any atom is 0.255 e. The lowest BCUT2D eigenvalue weighted by molar-refractivity contribution is 0.0816. The van der Waals surface area contributed by atoms with E-state index in [0.717, 1.165) is 51.8 Å². The number of aromatic nitrogens is 7. The number of nitrogens with zero attached hydrogens (tertiary/aromatic N) is 8. The standard InChI is InChI=1S/C21H20N8O/c1-11-23-24-20-5-4-16(26-29(11)20)19-8-17(25-28(19)3)14-7-13(14)12-6-15-18(22-9-12)10-27(2)21(15)30/h4-6,8-9,13-14H,7,10H2,1-3H3. The maximum atomic E-state index is 12.3. The average Bonchev–Trinajstić information content (AvgIpc) is 3.21. The molecule has 1 aliphatic carbocycles. The van der Waals surface area contributed by atoms with Crippen molar-refractivity contribution in [2.45, 2.75) is 31.7 Å². The number of hydrogen-bond acceptors (Lipinski definition) is 6. The molecule has 9 nitrogen and oxygen atoms in total. The van der Waals surface area contributed by atoms with Crippen LogP contribution >= 0.6 is 0 Å². The van der Waals surface area contributed by atoms with Crippen LogP contribution in [0, 0.1) is 6.92 Å². The first-order valence-electron chi connectivity index (χ1n) is 9.97. The van der Waals surface area contributed by atoms with E-state index in [2.05, 4.69) is 26.3 Å². The topological polar surface area (TPSA) is 94.1 Å². The Labute approximate surface area is 172 Å². The second kappa shape index (κ2) is 5.94. The molecule has 2 unspecified atom stereocenters. The van der Waals surface area contributed by atoms with E-state index >= 15 is 0 Å². The summed E-state index contributed by atoms with van der Waals surface area (Å²) in [6, 6.07) is 7.99.